The molecule has 264 valence electrons. The SMILES string of the molecule is c1ccc(-c2ccc3c(c2)c2cc(-c4ccccc4)cc(-c4ccccc4)c2n3N(c2ccc(-c3cccnc3)cc2)c2ccc(-c3ncccn3)cc2)cc1. The van der Waals surface area contributed by atoms with Gasteiger partial charge in [0.25, 0.3) is 0 Å². The number of hydrogen-bond donors (Lipinski definition) is 0. The van der Waals surface area contributed by atoms with Crippen molar-refractivity contribution in [2.45, 2.75) is 0 Å². The van der Waals surface area contributed by atoms with Crippen molar-refractivity contribution in [3.05, 3.63) is 213 Å². The smallest absolute Gasteiger partial charge is 0.159 e. The third-order valence-electron chi connectivity index (χ3n) is 10.4. The highest BCUT2D eigenvalue weighted by molar-refractivity contribution is 6.16. The average molecular weight is 718 g/mol. The topological polar surface area (TPSA) is 46.8 Å². The molecule has 10 aromatic rings. The van der Waals surface area contributed by atoms with E-state index in [0.717, 1.165) is 50.2 Å². The van der Waals surface area contributed by atoms with Gasteiger partial charge in [0.2, 0.25) is 0 Å². The molecule has 0 aliphatic rings. The van der Waals surface area contributed by atoms with Crippen LogP contribution in [0.25, 0.3) is 77.7 Å². The zero-order valence-electron chi connectivity index (χ0n) is 30.4. The van der Waals surface area contributed by atoms with Crippen molar-refractivity contribution in [2.24, 2.45) is 0 Å². The molecule has 5 heteroatoms. The molecule has 5 nitrogen and oxygen atoms in total. The summed E-state index contributed by atoms with van der Waals surface area (Å²) in [4.78, 5) is 13.4. The third-order valence-corrected chi connectivity index (χ3v) is 10.4. The van der Waals surface area contributed by atoms with Crippen molar-refractivity contribution < 1.29 is 0 Å². The maximum Gasteiger partial charge on any atom is 0.159 e. The van der Waals surface area contributed by atoms with E-state index in [-0.39, 0.29) is 0 Å². The molecule has 56 heavy (non-hydrogen) atoms. The fourth-order valence-electron chi connectivity index (χ4n) is 7.69. The minimum absolute atomic E-state index is 0.691. The van der Waals surface area contributed by atoms with Crippen LogP contribution in [0.4, 0.5) is 11.4 Å². The zero-order valence-corrected chi connectivity index (χ0v) is 30.4. The Morgan fingerprint density at radius 2 is 0.911 bits per heavy atom. The van der Waals surface area contributed by atoms with Crippen LogP contribution in [0.5, 0.6) is 0 Å². The van der Waals surface area contributed by atoms with Gasteiger partial charge < -0.3 is 0 Å². The van der Waals surface area contributed by atoms with Crippen molar-refractivity contribution in [2.75, 3.05) is 5.01 Å². The van der Waals surface area contributed by atoms with Gasteiger partial charge in [0.15, 0.2) is 5.82 Å². The van der Waals surface area contributed by atoms with Gasteiger partial charge in [-0.2, -0.15) is 0 Å². The van der Waals surface area contributed by atoms with E-state index in [4.69, 9.17) is 0 Å². The first-order valence-corrected chi connectivity index (χ1v) is 18.8. The first-order chi connectivity index (χ1) is 27.8. The predicted molar refractivity (Wildman–Crippen MR) is 230 cm³/mol. The molecule has 0 fully saturated rings. The van der Waals surface area contributed by atoms with Crippen LogP contribution in [0.2, 0.25) is 0 Å². The number of rotatable bonds is 8. The van der Waals surface area contributed by atoms with Gasteiger partial charge >= 0.3 is 0 Å². The molecule has 0 saturated heterocycles. The summed E-state index contributed by atoms with van der Waals surface area (Å²) in [6.45, 7) is 0. The van der Waals surface area contributed by atoms with Crippen LogP contribution in [-0.4, -0.2) is 19.6 Å². The molecule has 0 amide bonds. The van der Waals surface area contributed by atoms with Gasteiger partial charge in [0.05, 0.1) is 22.4 Å². The Bertz CT molecular complexity index is 2830. The Balaban J connectivity index is 1.29. The average Bonchev–Trinajstić information content (AvgIpc) is 3.61. The predicted octanol–water partition coefficient (Wildman–Crippen LogP) is 12.9. The van der Waals surface area contributed by atoms with Crippen molar-refractivity contribution in [1.29, 1.82) is 0 Å². The van der Waals surface area contributed by atoms with Gasteiger partial charge in [-0.25, -0.2) is 19.7 Å². The summed E-state index contributed by atoms with van der Waals surface area (Å²) in [6, 6.07) is 66.9. The van der Waals surface area contributed by atoms with Crippen LogP contribution in [0, 0.1) is 0 Å². The lowest BCUT2D eigenvalue weighted by molar-refractivity contribution is 0.887. The summed E-state index contributed by atoms with van der Waals surface area (Å²) in [5.41, 5.74) is 14.3. The number of anilines is 2. The van der Waals surface area contributed by atoms with Crippen LogP contribution < -0.4 is 5.01 Å². The molecule has 3 heterocycles. The summed E-state index contributed by atoms with van der Waals surface area (Å²) in [5.74, 6) is 0.691. The maximum atomic E-state index is 4.53. The summed E-state index contributed by atoms with van der Waals surface area (Å²) >= 11 is 0. The zero-order chi connectivity index (χ0) is 37.3. The lowest BCUT2D eigenvalue weighted by atomic mass is 9.95. The van der Waals surface area contributed by atoms with Crippen LogP contribution in [-0.2, 0) is 0 Å². The van der Waals surface area contributed by atoms with Gasteiger partial charge in [-0.15, -0.1) is 0 Å². The Labute approximate surface area is 325 Å². The lowest BCUT2D eigenvalue weighted by Crippen LogP contribution is -2.24. The molecule has 10 rings (SSSR count). The Morgan fingerprint density at radius 1 is 0.375 bits per heavy atom. The number of aromatic nitrogens is 4. The summed E-state index contributed by atoms with van der Waals surface area (Å²) in [5, 5.41) is 4.68. The monoisotopic (exact) mass is 717 g/mol. The van der Waals surface area contributed by atoms with Gasteiger partial charge in [-0.1, -0.05) is 115 Å². The van der Waals surface area contributed by atoms with E-state index in [1.54, 1.807) is 12.4 Å². The van der Waals surface area contributed by atoms with Gasteiger partial charge in [0.1, 0.15) is 0 Å². The molecule has 0 radical (unpaired) electrons. The first kappa shape index (κ1) is 33.0. The van der Waals surface area contributed by atoms with Crippen molar-refractivity contribution in [3.8, 4) is 55.9 Å². The van der Waals surface area contributed by atoms with Crippen LogP contribution >= 0.6 is 0 Å². The van der Waals surface area contributed by atoms with E-state index in [2.05, 4.69) is 201 Å². The second-order valence-electron chi connectivity index (χ2n) is 13.8. The van der Waals surface area contributed by atoms with E-state index in [1.165, 1.54) is 33.0 Å². The van der Waals surface area contributed by atoms with E-state index in [0.29, 0.717) is 5.82 Å². The Morgan fingerprint density at radius 3 is 1.54 bits per heavy atom. The molecule has 0 aliphatic carbocycles. The molecule has 0 saturated carbocycles. The van der Waals surface area contributed by atoms with Crippen LogP contribution in [0.3, 0.4) is 0 Å². The fraction of sp³-hybridized carbons (Fsp3) is 0. The molecular weight excluding hydrogens is 683 g/mol. The van der Waals surface area contributed by atoms with E-state index in [9.17, 15) is 0 Å². The molecule has 0 spiro atoms. The molecule has 7 aromatic carbocycles. The van der Waals surface area contributed by atoms with Crippen molar-refractivity contribution in [1.82, 2.24) is 19.6 Å². The Kier molecular flexibility index (Phi) is 8.43. The highest BCUT2D eigenvalue weighted by Gasteiger charge is 2.24. The van der Waals surface area contributed by atoms with Gasteiger partial charge in [0, 0.05) is 46.7 Å². The third kappa shape index (κ3) is 6.07. The maximum absolute atomic E-state index is 4.53. The second kappa shape index (κ2) is 14.3. The molecule has 3 aromatic heterocycles. The number of benzene rings is 7. The van der Waals surface area contributed by atoms with Crippen molar-refractivity contribution >= 4 is 33.2 Å². The van der Waals surface area contributed by atoms with E-state index < -0.39 is 0 Å². The molecular formula is C51H35N5. The molecule has 0 aliphatic heterocycles. The molecule has 0 atom stereocenters. The van der Waals surface area contributed by atoms with Crippen LogP contribution in [0.1, 0.15) is 0 Å². The van der Waals surface area contributed by atoms with Gasteiger partial charge in [-0.3, -0.25) is 4.98 Å². The number of pyridine rings is 1. The summed E-state index contributed by atoms with van der Waals surface area (Å²) in [6.07, 6.45) is 7.28. The highest BCUT2D eigenvalue weighted by atomic mass is 15.6. The number of nitrogens with zero attached hydrogens (tertiary/aromatic N) is 5. The number of fused-ring (bicyclic) bond motifs is 3. The minimum Gasteiger partial charge on any atom is -0.264 e. The fourth-order valence-corrected chi connectivity index (χ4v) is 7.69. The standard InChI is InChI=1S/C51H35N5/c1-4-12-36(13-5-1)41-23-28-49-47(32-41)48-34-43(37-14-6-2-7-15-37)33-46(39-16-8-3-9-17-39)50(48)56(49)55(44-24-19-38(20-25-44)42-18-10-29-52-35-42)45-26-21-40(22-27-45)51-53-30-11-31-54-51/h1-35H. The van der Waals surface area contributed by atoms with Crippen LogP contribution in [0.15, 0.2) is 213 Å². The number of hydrogen-bond acceptors (Lipinski definition) is 4. The summed E-state index contributed by atoms with van der Waals surface area (Å²) < 4.78 is 2.41. The molecule has 0 unspecified atom stereocenters. The van der Waals surface area contributed by atoms with E-state index in [1.807, 2.05) is 24.5 Å². The second-order valence-corrected chi connectivity index (χ2v) is 13.8. The summed E-state index contributed by atoms with van der Waals surface area (Å²) in [7, 11) is 0. The first-order valence-electron chi connectivity index (χ1n) is 18.8. The Hall–Kier alpha value is -7.63. The van der Waals surface area contributed by atoms with E-state index >= 15 is 0 Å². The van der Waals surface area contributed by atoms with Crippen molar-refractivity contribution in [3.63, 3.8) is 0 Å². The quantitative estimate of drug-likeness (QED) is 0.157. The minimum atomic E-state index is 0.691. The lowest BCUT2D eigenvalue weighted by Gasteiger charge is -2.29. The largest absolute Gasteiger partial charge is 0.264 e. The normalized spacial score (nSPS) is 11.2. The molecule has 0 N–H and O–H groups in total. The highest BCUT2D eigenvalue weighted by Crippen LogP contribution is 2.44. The molecule has 0 bridgehead atoms. The van der Waals surface area contributed by atoms with Gasteiger partial charge in [-0.05, 0) is 112 Å².